The van der Waals surface area contributed by atoms with Crippen LogP contribution in [0.5, 0.6) is 0 Å². The zero-order valence-electron chi connectivity index (χ0n) is 10.4. The normalized spacial score (nSPS) is 22.9. The summed E-state index contributed by atoms with van der Waals surface area (Å²) in [6, 6.07) is 0. The molecule has 4 nitrogen and oxygen atoms in total. The van der Waals surface area contributed by atoms with Crippen LogP contribution in [0.4, 0.5) is 0 Å². The molecular formula is C13H22N2O2. The molecule has 0 aromatic rings. The summed E-state index contributed by atoms with van der Waals surface area (Å²) in [4.78, 5) is 13.8. The third-order valence-corrected chi connectivity index (χ3v) is 3.97. The molecule has 96 valence electrons. The van der Waals surface area contributed by atoms with Crippen LogP contribution < -0.4 is 5.32 Å². The molecule has 2 aliphatic rings. The maximum Gasteiger partial charge on any atom is 0.248 e. The second-order valence-electron chi connectivity index (χ2n) is 5.11. The van der Waals surface area contributed by atoms with Crippen LogP contribution in [0.3, 0.4) is 0 Å². The smallest absolute Gasteiger partial charge is 0.248 e. The van der Waals surface area contributed by atoms with E-state index in [-0.39, 0.29) is 12.5 Å². The van der Waals surface area contributed by atoms with Crippen LogP contribution in [0, 0.1) is 5.41 Å². The van der Waals surface area contributed by atoms with Crippen molar-refractivity contribution in [3.05, 3.63) is 12.7 Å². The molecule has 0 aliphatic carbocycles. The van der Waals surface area contributed by atoms with Crippen molar-refractivity contribution in [3.63, 3.8) is 0 Å². The van der Waals surface area contributed by atoms with Gasteiger partial charge in [0, 0.05) is 19.6 Å². The number of carbonyl (C=O) groups is 1. The quantitative estimate of drug-likeness (QED) is 0.581. The standard InChI is InChI=1S/C13H22N2O2/c1-2-9-17-10-12(16)15-7-4-13(5-8-15)3-6-14-11-13/h2,14H,1,3-11H2. The Kier molecular flexibility index (Phi) is 4.18. The lowest BCUT2D eigenvalue weighted by molar-refractivity contribution is -0.137. The van der Waals surface area contributed by atoms with E-state index < -0.39 is 0 Å². The maximum absolute atomic E-state index is 11.8. The number of hydrogen-bond donors (Lipinski definition) is 1. The van der Waals surface area contributed by atoms with Gasteiger partial charge in [-0.25, -0.2) is 0 Å². The summed E-state index contributed by atoms with van der Waals surface area (Å²) in [5.41, 5.74) is 0.471. The van der Waals surface area contributed by atoms with Crippen molar-refractivity contribution in [1.29, 1.82) is 0 Å². The highest BCUT2D eigenvalue weighted by Gasteiger charge is 2.37. The lowest BCUT2D eigenvalue weighted by Gasteiger charge is -2.38. The SMILES string of the molecule is C=CCOCC(=O)N1CCC2(CCNC2)CC1. The Hall–Kier alpha value is -0.870. The van der Waals surface area contributed by atoms with Gasteiger partial charge in [0.15, 0.2) is 0 Å². The lowest BCUT2D eigenvalue weighted by atomic mass is 9.78. The number of carbonyl (C=O) groups excluding carboxylic acids is 1. The molecule has 17 heavy (non-hydrogen) atoms. The van der Waals surface area contributed by atoms with Crippen LogP contribution >= 0.6 is 0 Å². The molecule has 0 bridgehead atoms. The van der Waals surface area contributed by atoms with Crippen LogP contribution in [-0.2, 0) is 9.53 Å². The molecule has 2 fully saturated rings. The average Bonchev–Trinajstić information content (AvgIpc) is 2.79. The monoisotopic (exact) mass is 238 g/mol. The number of nitrogens with one attached hydrogen (secondary N) is 1. The molecule has 0 radical (unpaired) electrons. The van der Waals surface area contributed by atoms with Gasteiger partial charge in [-0.05, 0) is 31.2 Å². The predicted octanol–water partition coefficient (Wildman–Crippen LogP) is 0.791. The number of ether oxygens (including phenoxy) is 1. The molecule has 0 aromatic heterocycles. The van der Waals surface area contributed by atoms with Crippen molar-refractivity contribution < 1.29 is 9.53 Å². The fraction of sp³-hybridized carbons (Fsp3) is 0.769. The molecule has 0 saturated carbocycles. The molecule has 2 saturated heterocycles. The van der Waals surface area contributed by atoms with E-state index in [0.717, 1.165) is 39.0 Å². The third-order valence-electron chi connectivity index (χ3n) is 3.97. The highest BCUT2D eigenvalue weighted by Crippen LogP contribution is 2.36. The van der Waals surface area contributed by atoms with Gasteiger partial charge in [0.1, 0.15) is 6.61 Å². The average molecular weight is 238 g/mol. The van der Waals surface area contributed by atoms with Crippen LogP contribution in [0.15, 0.2) is 12.7 Å². The number of likely N-dealkylation sites (tertiary alicyclic amines) is 1. The maximum atomic E-state index is 11.8. The minimum atomic E-state index is 0.118. The molecule has 1 amide bonds. The van der Waals surface area contributed by atoms with E-state index in [9.17, 15) is 4.79 Å². The molecule has 2 aliphatic heterocycles. The molecule has 2 rings (SSSR count). The van der Waals surface area contributed by atoms with Crippen molar-refractivity contribution in [2.24, 2.45) is 5.41 Å². The zero-order chi connectivity index (χ0) is 12.1. The Bertz CT molecular complexity index is 275. The van der Waals surface area contributed by atoms with Gasteiger partial charge < -0.3 is 15.0 Å². The van der Waals surface area contributed by atoms with E-state index in [1.807, 2.05) is 4.90 Å². The Balaban J connectivity index is 1.74. The molecule has 0 unspecified atom stereocenters. The van der Waals surface area contributed by atoms with E-state index in [0.29, 0.717) is 12.0 Å². The first kappa shape index (κ1) is 12.6. The summed E-state index contributed by atoms with van der Waals surface area (Å²) < 4.78 is 5.19. The minimum absolute atomic E-state index is 0.118. The highest BCUT2D eigenvalue weighted by atomic mass is 16.5. The molecular weight excluding hydrogens is 216 g/mol. The zero-order valence-corrected chi connectivity index (χ0v) is 10.4. The minimum Gasteiger partial charge on any atom is -0.368 e. The molecule has 1 spiro atoms. The summed E-state index contributed by atoms with van der Waals surface area (Å²) in [6.07, 6.45) is 5.20. The molecule has 2 heterocycles. The summed E-state index contributed by atoms with van der Waals surface area (Å²) in [5.74, 6) is 0.118. The summed E-state index contributed by atoms with van der Waals surface area (Å²) in [6.45, 7) is 8.24. The van der Waals surface area contributed by atoms with Gasteiger partial charge in [-0.1, -0.05) is 6.08 Å². The molecule has 1 N–H and O–H groups in total. The lowest BCUT2D eigenvalue weighted by Crippen LogP contribution is -2.45. The van der Waals surface area contributed by atoms with Crippen LogP contribution in [0.1, 0.15) is 19.3 Å². The summed E-state index contributed by atoms with van der Waals surface area (Å²) in [7, 11) is 0. The fourth-order valence-electron chi connectivity index (χ4n) is 2.77. The highest BCUT2D eigenvalue weighted by molar-refractivity contribution is 5.77. The van der Waals surface area contributed by atoms with E-state index in [2.05, 4.69) is 11.9 Å². The van der Waals surface area contributed by atoms with Crippen molar-refractivity contribution in [3.8, 4) is 0 Å². The molecule has 0 atom stereocenters. The third kappa shape index (κ3) is 3.07. The van der Waals surface area contributed by atoms with Crippen LogP contribution in [-0.4, -0.2) is 50.2 Å². The second-order valence-corrected chi connectivity index (χ2v) is 5.11. The van der Waals surface area contributed by atoms with Gasteiger partial charge in [0.05, 0.1) is 6.61 Å². The Morgan fingerprint density at radius 1 is 1.41 bits per heavy atom. The first-order valence-electron chi connectivity index (χ1n) is 6.43. The van der Waals surface area contributed by atoms with Gasteiger partial charge in [0.2, 0.25) is 5.91 Å². The number of amides is 1. The van der Waals surface area contributed by atoms with Crippen molar-refractivity contribution in [1.82, 2.24) is 10.2 Å². The van der Waals surface area contributed by atoms with E-state index in [1.165, 1.54) is 6.42 Å². The Labute approximate surface area is 103 Å². The molecule has 4 heteroatoms. The number of rotatable bonds is 4. The second kappa shape index (κ2) is 5.65. The Morgan fingerprint density at radius 3 is 2.76 bits per heavy atom. The van der Waals surface area contributed by atoms with Gasteiger partial charge in [-0.15, -0.1) is 6.58 Å². The van der Waals surface area contributed by atoms with Gasteiger partial charge >= 0.3 is 0 Å². The van der Waals surface area contributed by atoms with E-state index in [4.69, 9.17) is 4.74 Å². The summed E-state index contributed by atoms with van der Waals surface area (Å²) in [5, 5.41) is 3.43. The number of piperidine rings is 1. The van der Waals surface area contributed by atoms with Gasteiger partial charge in [-0.3, -0.25) is 4.79 Å². The topological polar surface area (TPSA) is 41.6 Å². The van der Waals surface area contributed by atoms with E-state index >= 15 is 0 Å². The first-order valence-corrected chi connectivity index (χ1v) is 6.43. The number of nitrogens with zero attached hydrogens (tertiary/aromatic N) is 1. The van der Waals surface area contributed by atoms with Crippen molar-refractivity contribution in [2.45, 2.75) is 19.3 Å². The summed E-state index contributed by atoms with van der Waals surface area (Å²) >= 11 is 0. The predicted molar refractivity (Wildman–Crippen MR) is 66.7 cm³/mol. The van der Waals surface area contributed by atoms with E-state index in [1.54, 1.807) is 6.08 Å². The van der Waals surface area contributed by atoms with Gasteiger partial charge in [-0.2, -0.15) is 0 Å². The van der Waals surface area contributed by atoms with Crippen LogP contribution in [0.2, 0.25) is 0 Å². The number of hydrogen-bond acceptors (Lipinski definition) is 3. The largest absolute Gasteiger partial charge is 0.368 e. The van der Waals surface area contributed by atoms with Crippen molar-refractivity contribution in [2.75, 3.05) is 39.4 Å². The Morgan fingerprint density at radius 2 is 2.18 bits per heavy atom. The van der Waals surface area contributed by atoms with Crippen LogP contribution in [0.25, 0.3) is 0 Å². The molecule has 0 aromatic carbocycles. The first-order chi connectivity index (χ1) is 8.26. The van der Waals surface area contributed by atoms with Crippen molar-refractivity contribution >= 4 is 5.91 Å². The van der Waals surface area contributed by atoms with Gasteiger partial charge in [0.25, 0.3) is 0 Å². The fourth-order valence-corrected chi connectivity index (χ4v) is 2.77.